The van der Waals surface area contributed by atoms with E-state index in [2.05, 4.69) is 0 Å². The lowest BCUT2D eigenvalue weighted by Gasteiger charge is -2.46. The topological polar surface area (TPSA) is 77.8 Å². The zero-order valence-electron chi connectivity index (χ0n) is 13.7. The Kier molecular flexibility index (Phi) is 4.15. The number of aliphatic hydroxyl groups excluding tert-OH is 2. The van der Waals surface area contributed by atoms with Crippen molar-refractivity contribution in [2.45, 2.75) is 36.8 Å². The zero-order valence-corrected chi connectivity index (χ0v) is 14.5. The summed E-state index contributed by atoms with van der Waals surface area (Å²) in [5, 5.41) is 20.3. The number of para-hydroxylation sites is 1. The molecule has 1 aliphatic rings. The second-order valence-corrected chi connectivity index (χ2v) is 8.30. The molecule has 0 radical (unpaired) electrons. The van der Waals surface area contributed by atoms with Crippen molar-refractivity contribution in [2.75, 3.05) is 10.9 Å². The van der Waals surface area contributed by atoms with Gasteiger partial charge in [0.05, 0.1) is 28.8 Å². The number of benzene rings is 2. The highest BCUT2D eigenvalue weighted by molar-refractivity contribution is 7.93. The first-order valence-corrected chi connectivity index (χ1v) is 9.23. The lowest BCUT2D eigenvalue weighted by molar-refractivity contribution is 0.100. The Balaban J connectivity index is 2.22. The molecule has 5 nitrogen and oxygen atoms in total. The Hall–Kier alpha value is -1.89. The van der Waals surface area contributed by atoms with E-state index in [0.717, 1.165) is 5.56 Å². The van der Waals surface area contributed by atoms with Gasteiger partial charge in [0.25, 0.3) is 10.0 Å². The van der Waals surface area contributed by atoms with Gasteiger partial charge in [-0.3, -0.25) is 4.31 Å². The predicted octanol–water partition coefficient (Wildman–Crippen LogP) is 2.38. The molecule has 0 aliphatic carbocycles. The number of aliphatic hydroxyl groups is 2. The van der Waals surface area contributed by atoms with E-state index < -0.39 is 21.7 Å². The maximum Gasteiger partial charge on any atom is 0.264 e. The summed E-state index contributed by atoms with van der Waals surface area (Å²) in [6.45, 7) is 3.15. The number of aryl methyl sites for hydroxylation is 1. The normalized spacial score (nSPS) is 23.8. The van der Waals surface area contributed by atoms with Crippen LogP contribution < -0.4 is 4.31 Å². The Morgan fingerprint density at radius 1 is 1.17 bits per heavy atom. The van der Waals surface area contributed by atoms with Gasteiger partial charge in [0.15, 0.2) is 0 Å². The van der Waals surface area contributed by atoms with Crippen molar-refractivity contribution in [1.29, 1.82) is 0 Å². The van der Waals surface area contributed by atoms with Crippen molar-refractivity contribution in [2.24, 2.45) is 0 Å². The largest absolute Gasteiger partial charge is 0.394 e. The Morgan fingerprint density at radius 3 is 2.42 bits per heavy atom. The van der Waals surface area contributed by atoms with Crippen molar-refractivity contribution in [1.82, 2.24) is 0 Å². The van der Waals surface area contributed by atoms with Gasteiger partial charge in [-0.1, -0.05) is 35.9 Å². The van der Waals surface area contributed by atoms with Gasteiger partial charge in [-0.05, 0) is 32.0 Å². The van der Waals surface area contributed by atoms with Crippen LogP contribution in [0.5, 0.6) is 0 Å². The molecule has 1 aliphatic heterocycles. The van der Waals surface area contributed by atoms with E-state index in [-0.39, 0.29) is 17.9 Å². The van der Waals surface area contributed by atoms with Gasteiger partial charge < -0.3 is 10.2 Å². The number of nitrogens with zero attached hydrogens (tertiary/aromatic N) is 1. The van der Waals surface area contributed by atoms with Crippen LogP contribution in [0.15, 0.2) is 53.4 Å². The Morgan fingerprint density at radius 2 is 1.79 bits per heavy atom. The highest BCUT2D eigenvalue weighted by Crippen LogP contribution is 2.45. The second kappa shape index (κ2) is 5.88. The molecule has 0 amide bonds. The van der Waals surface area contributed by atoms with Crippen molar-refractivity contribution in [3.63, 3.8) is 0 Å². The van der Waals surface area contributed by atoms with Crippen LogP contribution >= 0.6 is 0 Å². The van der Waals surface area contributed by atoms with Crippen LogP contribution in [-0.4, -0.2) is 30.8 Å². The fourth-order valence-corrected chi connectivity index (χ4v) is 5.05. The third-order valence-electron chi connectivity index (χ3n) is 4.54. The lowest BCUT2D eigenvalue weighted by Crippen LogP contribution is -2.56. The van der Waals surface area contributed by atoms with Crippen molar-refractivity contribution >= 4 is 15.7 Å². The minimum atomic E-state index is -3.87. The molecule has 2 atom stereocenters. The summed E-state index contributed by atoms with van der Waals surface area (Å²) in [7, 11) is -3.87. The second-order valence-electron chi connectivity index (χ2n) is 6.52. The Labute approximate surface area is 142 Å². The average Bonchev–Trinajstić information content (AvgIpc) is 2.55. The van der Waals surface area contributed by atoms with E-state index in [9.17, 15) is 18.6 Å². The average molecular weight is 347 g/mol. The van der Waals surface area contributed by atoms with Gasteiger partial charge in [0, 0.05) is 12.0 Å². The maximum atomic E-state index is 13.3. The van der Waals surface area contributed by atoms with E-state index in [1.54, 1.807) is 55.5 Å². The van der Waals surface area contributed by atoms with Gasteiger partial charge >= 0.3 is 0 Å². The number of anilines is 1. The summed E-state index contributed by atoms with van der Waals surface area (Å²) in [6, 6.07) is 13.5. The molecule has 2 aromatic carbocycles. The fraction of sp³-hybridized carbons (Fsp3) is 0.333. The van der Waals surface area contributed by atoms with Gasteiger partial charge in [-0.25, -0.2) is 8.42 Å². The predicted molar refractivity (Wildman–Crippen MR) is 92.4 cm³/mol. The SMILES string of the molecule is Cc1ccc(S(=O)(=O)N2c3ccccc3[C@@H](O)C[C@@]2(C)CO)cc1. The molecule has 0 saturated carbocycles. The molecule has 6 heteroatoms. The van der Waals surface area contributed by atoms with Crippen LogP contribution in [0.3, 0.4) is 0 Å². The standard InChI is InChI=1S/C18H21NO4S/c1-13-7-9-14(10-8-13)24(22,23)19-16-6-4-3-5-15(16)17(21)11-18(19,2)12-20/h3-10,17,20-21H,11-12H2,1-2H3/t17-,18-/m0/s1. The van der Waals surface area contributed by atoms with Crippen molar-refractivity contribution in [3.05, 3.63) is 59.7 Å². The molecule has 3 rings (SSSR count). The molecule has 0 unspecified atom stereocenters. The quantitative estimate of drug-likeness (QED) is 0.894. The highest BCUT2D eigenvalue weighted by atomic mass is 32.2. The molecule has 0 fully saturated rings. The summed E-state index contributed by atoms with van der Waals surface area (Å²) in [6.07, 6.45) is -0.686. The number of rotatable bonds is 3. The van der Waals surface area contributed by atoms with Crippen LogP contribution in [0.4, 0.5) is 5.69 Å². The summed E-state index contributed by atoms with van der Waals surface area (Å²) >= 11 is 0. The monoisotopic (exact) mass is 347 g/mol. The van der Waals surface area contributed by atoms with Crippen LogP contribution in [-0.2, 0) is 10.0 Å². The van der Waals surface area contributed by atoms with E-state index in [0.29, 0.717) is 11.3 Å². The molecule has 2 N–H and O–H groups in total. The third kappa shape index (κ3) is 2.60. The Bertz CT molecular complexity index is 848. The number of fused-ring (bicyclic) bond motifs is 1. The van der Waals surface area contributed by atoms with E-state index in [4.69, 9.17) is 0 Å². The first-order valence-electron chi connectivity index (χ1n) is 7.79. The number of sulfonamides is 1. The van der Waals surface area contributed by atoms with Gasteiger partial charge in [-0.2, -0.15) is 0 Å². The molecule has 0 saturated heterocycles. The van der Waals surface area contributed by atoms with E-state index >= 15 is 0 Å². The highest BCUT2D eigenvalue weighted by Gasteiger charge is 2.46. The summed E-state index contributed by atoms with van der Waals surface area (Å²) in [5.74, 6) is 0. The molecule has 1 heterocycles. The van der Waals surface area contributed by atoms with Gasteiger partial charge in [0.2, 0.25) is 0 Å². The zero-order chi connectivity index (χ0) is 17.5. The molecular formula is C18H21NO4S. The summed E-state index contributed by atoms with van der Waals surface area (Å²) in [4.78, 5) is 0.166. The number of hydrogen-bond donors (Lipinski definition) is 2. The summed E-state index contributed by atoms with van der Waals surface area (Å²) < 4.78 is 27.8. The molecule has 0 spiro atoms. The molecular weight excluding hydrogens is 326 g/mol. The molecule has 24 heavy (non-hydrogen) atoms. The molecule has 0 bridgehead atoms. The van der Waals surface area contributed by atoms with Gasteiger partial charge in [0.1, 0.15) is 0 Å². The summed E-state index contributed by atoms with van der Waals surface area (Å²) in [5.41, 5.74) is 0.818. The third-order valence-corrected chi connectivity index (χ3v) is 6.52. The molecule has 0 aromatic heterocycles. The van der Waals surface area contributed by atoms with Crippen LogP contribution in [0.1, 0.15) is 30.6 Å². The van der Waals surface area contributed by atoms with Crippen LogP contribution in [0, 0.1) is 6.92 Å². The van der Waals surface area contributed by atoms with Crippen LogP contribution in [0.2, 0.25) is 0 Å². The maximum absolute atomic E-state index is 13.3. The fourth-order valence-electron chi connectivity index (χ4n) is 3.22. The molecule has 2 aromatic rings. The smallest absolute Gasteiger partial charge is 0.264 e. The minimum absolute atomic E-state index is 0.131. The van der Waals surface area contributed by atoms with Crippen LogP contribution in [0.25, 0.3) is 0 Å². The number of hydrogen-bond acceptors (Lipinski definition) is 4. The first-order chi connectivity index (χ1) is 11.3. The lowest BCUT2D eigenvalue weighted by atomic mass is 9.86. The molecule has 128 valence electrons. The van der Waals surface area contributed by atoms with E-state index in [1.165, 1.54) is 4.31 Å². The van der Waals surface area contributed by atoms with Crippen molar-refractivity contribution in [3.8, 4) is 0 Å². The minimum Gasteiger partial charge on any atom is -0.394 e. The van der Waals surface area contributed by atoms with Crippen molar-refractivity contribution < 1.29 is 18.6 Å². The first kappa shape index (κ1) is 17.0. The van der Waals surface area contributed by atoms with E-state index in [1.807, 2.05) is 6.92 Å². The van der Waals surface area contributed by atoms with Gasteiger partial charge in [-0.15, -0.1) is 0 Å².